The molecule has 0 bridgehead atoms. The summed E-state index contributed by atoms with van der Waals surface area (Å²) in [7, 11) is 0. The predicted molar refractivity (Wildman–Crippen MR) is 115 cm³/mol. The second-order valence-electron chi connectivity index (χ2n) is 6.10. The summed E-state index contributed by atoms with van der Waals surface area (Å²) in [5.41, 5.74) is 3.65. The zero-order chi connectivity index (χ0) is 19.5. The number of fused-ring (bicyclic) bond motifs is 1. The zero-order valence-electron chi connectivity index (χ0n) is 15.2. The molecule has 0 radical (unpaired) electrons. The molecular weight excluding hydrogens is 392 g/mol. The Hall–Kier alpha value is -2.97. The van der Waals surface area contributed by atoms with E-state index in [0.29, 0.717) is 18.0 Å². The number of rotatable bonds is 5. The fourth-order valence-electron chi connectivity index (χ4n) is 2.73. The molecule has 8 heteroatoms. The Balaban J connectivity index is 1.79. The molecule has 0 fully saturated rings. The van der Waals surface area contributed by atoms with E-state index in [9.17, 15) is 4.79 Å². The van der Waals surface area contributed by atoms with Gasteiger partial charge in [-0.3, -0.25) is 9.79 Å². The van der Waals surface area contributed by atoms with Crippen LogP contribution in [0.2, 0.25) is 0 Å². The molecule has 0 saturated carbocycles. The summed E-state index contributed by atoms with van der Waals surface area (Å²) in [5.74, 6) is 0.509. The van der Waals surface area contributed by atoms with Crippen LogP contribution < -0.4 is 14.9 Å². The fourth-order valence-corrected chi connectivity index (χ4v) is 4.36. The van der Waals surface area contributed by atoms with Crippen LogP contribution >= 0.6 is 22.7 Å². The highest BCUT2D eigenvalue weighted by Crippen LogP contribution is 2.32. The van der Waals surface area contributed by atoms with Crippen LogP contribution in [-0.4, -0.2) is 29.9 Å². The van der Waals surface area contributed by atoms with Gasteiger partial charge >= 0.3 is 0 Å². The van der Waals surface area contributed by atoms with E-state index in [1.165, 1.54) is 16.9 Å². The number of hydrogen-bond acceptors (Lipinski definition) is 6. The van der Waals surface area contributed by atoms with Gasteiger partial charge in [-0.05, 0) is 42.1 Å². The highest BCUT2D eigenvalue weighted by atomic mass is 32.1. The Kier molecular flexibility index (Phi) is 5.23. The van der Waals surface area contributed by atoms with Crippen molar-refractivity contribution in [2.75, 3.05) is 18.5 Å². The Morgan fingerprint density at radius 3 is 3.04 bits per heavy atom. The molecule has 0 saturated heterocycles. The zero-order valence-corrected chi connectivity index (χ0v) is 16.8. The number of carbonyl (C=O) groups excluding carboxylic acids is 1. The number of hydrogen-bond donors (Lipinski definition) is 1. The van der Waals surface area contributed by atoms with Gasteiger partial charge in [0.25, 0.3) is 5.91 Å². The van der Waals surface area contributed by atoms with E-state index in [0.717, 1.165) is 20.9 Å². The molecule has 1 aliphatic heterocycles. The standard InChI is InChI=1S/C20H18N4O2S2/c1-3-7-21-20-24(22-10-18-13(2)6-8-27-18)16(12-28-20)14-4-5-17-15(9-14)23-19(25)11-26-17/h3-6,8-10,12H,1,7,11H2,2H3,(H,23,25). The van der Waals surface area contributed by atoms with Crippen LogP contribution in [0.1, 0.15) is 10.4 Å². The van der Waals surface area contributed by atoms with Gasteiger partial charge in [0.1, 0.15) is 5.75 Å². The Morgan fingerprint density at radius 2 is 2.25 bits per heavy atom. The van der Waals surface area contributed by atoms with Crippen LogP contribution in [0.25, 0.3) is 11.3 Å². The summed E-state index contributed by atoms with van der Waals surface area (Å²) < 4.78 is 7.27. The molecule has 1 aromatic carbocycles. The second kappa shape index (κ2) is 7.95. The third kappa shape index (κ3) is 3.69. The Labute approximate surface area is 170 Å². The highest BCUT2D eigenvalue weighted by Gasteiger charge is 2.17. The van der Waals surface area contributed by atoms with Gasteiger partial charge in [-0.1, -0.05) is 6.08 Å². The van der Waals surface area contributed by atoms with E-state index < -0.39 is 0 Å². The first-order chi connectivity index (χ1) is 13.7. The van der Waals surface area contributed by atoms with Crippen LogP contribution in [-0.2, 0) is 4.79 Å². The Bertz CT molecular complexity index is 1140. The summed E-state index contributed by atoms with van der Waals surface area (Å²) in [6.45, 7) is 6.35. The van der Waals surface area contributed by atoms with E-state index in [-0.39, 0.29) is 12.5 Å². The predicted octanol–water partition coefficient (Wildman–Crippen LogP) is 3.89. The lowest BCUT2D eigenvalue weighted by Gasteiger charge is -2.18. The van der Waals surface area contributed by atoms with Gasteiger partial charge in [0, 0.05) is 10.9 Å². The lowest BCUT2D eigenvalue weighted by molar-refractivity contribution is -0.118. The Morgan fingerprint density at radius 1 is 1.36 bits per heavy atom. The third-order valence-electron chi connectivity index (χ3n) is 4.14. The molecule has 1 aliphatic rings. The summed E-state index contributed by atoms with van der Waals surface area (Å²) in [5, 5.41) is 11.6. The third-order valence-corrected chi connectivity index (χ3v) is 5.95. The molecule has 0 spiro atoms. The normalized spacial score (nSPS) is 14.0. The first-order valence-corrected chi connectivity index (χ1v) is 10.4. The minimum atomic E-state index is -0.157. The van der Waals surface area contributed by atoms with Crippen molar-refractivity contribution in [2.45, 2.75) is 6.92 Å². The number of thiophene rings is 1. The minimum Gasteiger partial charge on any atom is -0.482 e. The number of aryl methyl sites for hydroxylation is 1. The van der Waals surface area contributed by atoms with Gasteiger partial charge in [-0.2, -0.15) is 5.10 Å². The largest absolute Gasteiger partial charge is 0.482 e. The van der Waals surface area contributed by atoms with Crippen molar-refractivity contribution < 1.29 is 9.53 Å². The molecule has 0 atom stereocenters. The first-order valence-electron chi connectivity index (χ1n) is 8.63. The van der Waals surface area contributed by atoms with Crippen molar-refractivity contribution >= 4 is 40.5 Å². The van der Waals surface area contributed by atoms with Crippen molar-refractivity contribution in [1.82, 2.24) is 4.68 Å². The van der Waals surface area contributed by atoms with Gasteiger partial charge in [0.05, 0.1) is 29.0 Å². The maximum absolute atomic E-state index is 11.6. The number of ether oxygens (including phenoxy) is 1. The van der Waals surface area contributed by atoms with Crippen molar-refractivity contribution in [1.29, 1.82) is 0 Å². The first kappa shape index (κ1) is 18.4. The summed E-state index contributed by atoms with van der Waals surface area (Å²) >= 11 is 3.16. The summed E-state index contributed by atoms with van der Waals surface area (Å²) in [6, 6.07) is 7.78. The van der Waals surface area contributed by atoms with E-state index in [4.69, 9.17) is 9.84 Å². The molecule has 1 N–H and O–H groups in total. The van der Waals surface area contributed by atoms with Gasteiger partial charge in [0.15, 0.2) is 6.61 Å². The molecule has 6 nitrogen and oxygen atoms in total. The number of anilines is 1. The highest BCUT2D eigenvalue weighted by molar-refractivity contribution is 7.11. The monoisotopic (exact) mass is 410 g/mol. The molecule has 3 aromatic rings. The van der Waals surface area contributed by atoms with E-state index in [1.54, 1.807) is 17.4 Å². The summed E-state index contributed by atoms with van der Waals surface area (Å²) in [4.78, 5) is 18.1. The molecular formula is C20H18N4O2S2. The molecule has 28 heavy (non-hydrogen) atoms. The van der Waals surface area contributed by atoms with Crippen LogP contribution in [0.4, 0.5) is 5.69 Å². The lowest BCUT2D eigenvalue weighted by atomic mass is 10.1. The SMILES string of the molecule is C=CCN=c1scc(-c2ccc3c(c2)NC(=O)CO3)n1N=Cc1sccc1C. The number of nitrogens with one attached hydrogen (secondary N) is 1. The smallest absolute Gasteiger partial charge is 0.262 e. The van der Waals surface area contributed by atoms with Crippen molar-refractivity contribution in [3.8, 4) is 17.0 Å². The molecule has 142 valence electrons. The van der Waals surface area contributed by atoms with E-state index in [2.05, 4.69) is 29.9 Å². The number of thiazole rings is 1. The quantitative estimate of drug-likeness (QED) is 0.512. The minimum absolute atomic E-state index is 0.0415. The van der Waals surface area contributed by atoms with Gasteiger partial charge in [0.2, 0.25) is 4.80 Å². The maximum Gasteiger partial charge on any atom is 0.262 e. The molecule has 0 unspecified atom stereocenters. The number of carbonyl (C=O) groups is 1. The van der Waals surface area contributed by atoms with Crippen molar-refractivity contribution in [2.24, 2.45) is 10.1 Å². The topological polar surface area (TPSA) is 68.0 Å². The van der Waals surface area contributed by atoms with Crippen molar-refractivity contribution in [3.05, 3.63) is 62.9 Å². The molecule has 1 amide bonds. The molecule has 2 aromatic heterocycles. The molecule has 4 rings (SSSR count). The van der Waals surface area contributed by atoms with Gasteiger partial charge < -0.3 is 10.1 Å². The average molecular weight is 411 g/mol. The van der Waals surface area contributed by atoms with Crippen LogP contribution in [0.5, 0.6) is 5.75 Å². The summed E-state index contributed by atoms with van der Waals surface area (Å²) in [6.07, 6.45) is 3.61. The lowest BCUT2D eigenvalue weighted by Crippen LogP contribution is -2.25. The number of aromatic nitrogens is 1. The number of amides is 1. The number of nitrogens with zero attached hydrogens (tertiary/aromatic N) is 3. The average Bonchev–Trinajstić information content (AvgIpc) is 3.29. The maximum atomic E-state index is 11.6. The molecule has 3 heterocycles. The van der Waals surface area contributed by atoms with Crippen LogP contribution in [0.15, 0.2) is 57.8 Å². The fraction of sp³-hybridized carbons (Fsp3) is 0.150. The van der Waals surface area contributed by atoms with E-state index >= 15 is 0 Å². The second-order valence-corrected chi connectivity index (χ2v) is 7.89. The number of benzene rings is 1. The van der Waals surface area contributed by atoms with Gasteiger partial charge in [-0.25, -0.2) is 4.68 Å². The van der Waals surface area contributed by atoms with Gasteiger partial charge in [-0.15, -0.1) is 29.3 Å². The van der Waals surface area contributed by atoms with Crippen molar-refractivity contribution in [3.63, 3.8) is 0 Å². The molecule has 0 aliphatic carbocycles. The van der Waals surface area contributed by atoms with E-state index in [1.807, 2.05) is 39.8 Å². The van der Waals surface area contributed by atoms with Crippen LogP contribution in [0, 0.1) is 6.92 Å². The van der Waals surface area contributed by atoms with Crippen LogP contribution in [0.3, 0.4) is 0 Å².